The second-order valence-corrected chi connectivity index (χ2v) is 9.89. The number of aromatic nitrogens is 3. The van der Waals surface area contributed by atoms with Crippen LogP contribution in [0, 0.1) is 0 Å². The fraction of sp³-hybridized carbons (Fsp3) is 0.400. The zero-order valence-electron chi connectivity index (χ0n) is 17.9. The van der Waals surface area contributed by atoms with Crippen LogP contribution in [0.15, 0.2) is 42.9 Å². The molecule has 182 valence electrons. The van der Waals surface area contributed by atoms with Crippen molar-refractivity contribution in [1.29, 1.82) is 0 Å². The van der Waals surface area contributed by atoms with Crippen LogP contribution in [0.2, 0.25) is 0 Å². The highest BCUT2D eigenvalue weighted by Crippen LogP contribution is 2.34. The number of imidazole rings is 1. The van der Waals surface area contributed by atoms with Crippen molar-refractivity contribution in [3.05, 3.63) is 48.4 Å². The van der Waals surface area contributed by atoms with Gasteiger partial charge in [0, 0.05) is 24.0 Å². The predicted molar refractivity (Wildman–Crippen MR) is 121 cm³/mol. The lowest BCUT2D eigenvalue weighted by molar-refractivity contribution is -0.0663. The number of benzene rings is 1. The standard InChI is InChI=1S/C20H25N7O6S/c21-12-4-2-1-3-11(12)20(8-32-9-20)26-34(30,31)25-7-14-16(28)17(29)19(33-14)27-10-24-15-13(22)5-6-23-18(15)27/h1-6,10,14,16-17,19,25-26,28-29H,7-9,21H2,(H2,22,23)/t14-,16-,17-,19-/m1/s1. The van der Waals surface area contributed by atoms with Crippen LogP contribution in [0.1, 0.15) is 11.8 Å². The summed E-state index contributed by atoms with van der Waals surface area (Å²) >= 11 is 0. The molecule has 3 aromatic rings. The molecule has 0 aliphatic carbocycles. The number of hydrogen-bond acceptors (Lipinski definition) is 10. The van der Waals surface area contributed by atoms with Gasteiger partial charge in [0.25, 0.3) is 10.2 Å². The topological polar surface area (TPSA) is 200 Å². The van der Waals surface area contributed by atoms with Crippen LogP contribution in [-0.4, -0.2) is 71.2 Å². The Bertz CT molecular complexity index is 1310. The second kappa shape index (κ2) is 8.42. The first-order valence-electron chi connectivity index (χ1n) is 10.5. The Balaban J connectivity index is 1.29. The molecule has 4 atom stereocenters. The lowest BCUT2D eigenvalue weighted by atomic mass is 9.88. The molecule has 2 aliphatic rings. The fourth-order valence-corrected chi connectivity index (χ4v) is 5.46. The van der Waals surface area contributed by atoms with Crippen LogP contribution in [0.3, 0.4) is 0 Å². The Hall–Kier alpha value is -2.85. The number of nitrogens with one attached hydrogen (secondary N) is 2. The predicted octanol–water partition coefficient (Wildman–Crippen LogP) is -1.44. The highest BCUT2D eigenvalue weighted by Gasteiger charge is 2.47. The number of para-hydroxylation sites is 1. The maximum absolute atomic E-state index is 12.8. The van der Waals surface area contributed by atoms with Gasteiger partial charge in [-0.25, -0.2) is 9.97 Å². The van der Waals surface area contributed by atoms with E-state index in [0.717, 1.165) is 0 Å². The number of rotatable bonds is 7. The summed E-state index contributed by atoms with van der Waals surface area (Å²) in [4.78, 5) is 8.40. The van der Waals surface area contributed by atoms with Gasteiger partial charge in [0.05, 0.1) is 25.2 Å². The number of nitrogen functional groups attached to an aromatic ring is 2. The van der Waals surface area contributed by atoms with Gasteiger partial charge in [-0.3, -0.25) is 4.57 Å². The molecule has 34 heavy (non-hydrogen) atoms. The largest absolute Gasteiger partial charge is 0.398 e. The van der Waals surface area contributed by atoms with Crippen LogP contribution in [0.5, 0.6) is 0 Å². The highest BCUT2D eigenvalue weighted by molar-refractivity contribution is 7.87. The van der Waals surface area contributed by atoms with E-state index in [-0.39, 0.29) is 19.8 Å². The summed E-state index contributed by atoms with van der Waals surface area (Å²) in [5.41, 5.74) is 13.2. The van der Waals surface area contributed by atoms with Crippen molar-refractivity contribution in [2.24, 2.45) is 0 Å². The van der Waals surface area contributed by atoms with E-state index in [2.05, 4.69) is 19.4 Å². The smallest absolute Gasteiger partial charge is 0.277 e. The first-order valence-corrected chi connectivity index (χ1v) is 12.0. The van der Waals surface area contributed by atoms with Crippen molar-refractivity contribution in [3.63, 3.8) is 0 Å². The van der Waals surface area contributed by atoms with Crippen molar-refractivity contribution in [2.75, 3.05) is 31.2 Å². The number of pyridine rings is 1. The molecule has 0 amide bonds. The summed E-state index contributed by atoms with van der Waals surface area (Å²) in [7, 11) is -4.06. The third-order valence-electron chi connectivity index (χ3n) is 6.08. The number of anilines is 2. The van der Waals surface area contributed by atoms with Crippen molar-refractivity contribution in [1.82, 2.24) is 24.0 Å². The summed E-state index contributed by atoms with van der Waals surface area (Å²) in [5.74, 6) is 0. The minimum absolute atomic E-state index is 0.120. The van der Waals surface area contributed by atoms with Crippen molar-refractivity contribution < 1.29 is 28.1 Å². The Kier molecular flexibility index (Phi) is 5.68. The van der Waals surface area contributed by atoms with E-state index in [0.29, 0.717) is 28.1 Å². The maximum Gasteiger partial charge on any atom is 0.277 e. The molecule has 2 aliphatic heterocycles. The first kappa shape index (κ1) is 22.9. The van der Waals surface area contributed by atoms with Crippen LogP contribution < -0.4 is 20.9 Å². The zero-order valence-corrected chi connectivity index (χ0v) is 18.7. The van der Waals surface area contributed by atoms with Gasteiger partial charge in [0.1, 0.15) is 29.4 Å². The van der Waals surface area contributed by atoms with Gasteiger partial charge < -0.3 is 31.2 Å². The minimum atomic E-state index is -4.06. The molecule has 2 fully saturated rings. The number of nitrogens with two attached hydrogens (primary N) is 2. The third kappa shape index (κ3) is 3.88. The van der Waals surface area contributed by atoms with Gasteiger partial charge in [0.15, 0.2) is 11.9 Å². The van der Waals surface area contributed by atoms with E-state index in [1.807, 2.05) is 0 Å². The average Bonchev–Trinajstić information content (AvgIpc) is 3.32. The molecule has 2 aromatic heterocycles. The molecule has 0 saturated carbocycles. The molecule has 4 heterocycles. The lowest BCUT2D eigenvalue weighted by Crippen LogP contribution is -2.62. The SMILES string of the molecule is Nc1ccccc1C1(NS(=O)(=O)NC[C@H]2O[C@@H](n3cnc4c(N)ccnc43)[C@H](O)[C@@H]2O)COC1. The summed E-state index contributed by atoms with van der Waals surface area (Å²) in [5, 5.41) is 21.1. The number of hydrogen-bond donors (Lipinski definition) is 6. The van der Waals surface area contributed by atoms with Crippen molar-refractivity contribution in [2.45, 2.75) is 30.1 Å². The molecule has 0 unspecified atom stereocenters. The number of nitrogens with zero attached hydrogens (tertiary/aromatic N) is 3. The normalized spacial score (nSPS) is 26.5. The number of aliphatic hydroxyl groups excluding tert-OH is 2. The van der Waals surface area contributed by atoms with E-state index in [1.54, 1.807) is 30.3 Å². The number of aliphatic hydroxyl groups is 2. The minimum Gasteiger partial charge on any atom is -0.398 e. The maximum atomic E-state index is 12.8. The Morgan fingerprint density at radius 3 is 2.59 bits per heavy atom. The Morgan fingerprint density at radius 2 is 1.88 bits per heavy atom. The van der Waals surface area contributed by atoms with Gasteiger partial charge >= 0.3 is 0 Å². The van der Waals surface area contributed by atoms with Crippen molar-refractivity contribution >= 4 is 32.7 Å². The molecule has 2 saturated heterocycles. The van der Waals surface area contributed by atoms with E-state index < -0.39 is 40.3 Å². The lowest BCUT2D eigenvalue weighted by Gasteiger charge is -2.42. The van der Waals surface area contributed by atoms with E-state index >= 15 is 0 Å². The number of ether oxygens (including phenoxy) is 2. The summed E-state index contributed by atoms with van der Waals surface area (Å²) in [6, 6.07) is 8.53. The van der Waals surface area contributed by atoms with Crippen LogP contribution in [0.4, 0.5) is 11.4 Å². The monoisotopic (exact) mass is 491 g/mol. The molecular weight excluding hydrogens is 466 g/mol. The summed E-state index contributed by atoms with van der Waals surface area (Å²) < 4.78 is 43.2. The van der Waals surface area contributed by atoms with Crippen LogP contribution >= 0.6 is 0 Å². The third-order valence-corrected chi connectivity index (χ3v) is 7.29. The average molecular weight is 492 g/mol. The van der Waals surface area contributed by atoms with E-state index in [9.17, 15) is 18.6 Å². The molecule has 13 nitrogen and oxygen atoms in total. The molecule has 0 radical (unpaired) electrons. The fourth-order valence-electron chi connectivity index (χ4n) is 4.26. The van der Waals surface area contributed by atoms with Gasteiger partial charge in [-0.15, -0.1) is 0 Å². The quantitative estimate of drug-likeness (QED) is 0.213. The van der Waals surface area contributed by atoms with Gasteiger partial charge in [-0.05, 0) is 12.1 Å². The zero-order chi connectivity index (χ0) is 24.1. The van der Waals surface area contributed by atoms with E-state index in [1.165, 1.54) is 17.1 Å². The Morgan fingerprint density at radius 1 is 1.12 bits per heavy atom. The first-order chi connectivity index (χ1) is 16.2. The van der Waals surface area contributed by atoms with Crippen LogP contribution in [0.25, 0.3) is 11.2 Å². The van der Waals surface area contributed by atoms with Gasteiger partial charge in [0.2, 0.25) is 0 Å². The summed E-state index contributed by atoms with van der Waals surface area (Å²) in [6.45, 7) is -0.0575. The molecule has 8 N–H and O–H groups in total. The Labute approximate surface area is 194 Å². The molecule has 0 spiro atoms. The highest BCUT2D eigenvalue weighted by atomic mass is 32.2. The molecular formula is C20H25N7O6S. The summed E-state index contributed by atoms with van der Waals surface area (Å²) in [6.07, 6.45) is -1.90. The molecule has 1 aromatic carbocycles. The van der Waals surface area contributed by atoms with Crippen molar-refractivity contribution in [3.8, 4) is 0 Å². The molecule has 14 heteroatoms. The molecule has 5 rings (SSSR count). The number of fused-ring (bicyclic) bond motifs is 1. The van der Waals surface area contributed by atoms with E-state index in [4.69, 9.17) is 20.9 Å². The van der Waals surface area contributed by atoms with Gasteiger partial charge in [-0.1, -0.05) is 18.2 Å². The van der Waals surface area contributed by atoms with Gasteiger partial charge in [-0.2, -0.15) is 17.9 Å². The second-order valence-electron chi connectivity index (χ2n) is 8.39. The molecule has 0 bridgehead atoms. The van der Waals surface area contributed by atoms with Crippen LogP contribution in [-0.2, 0) is 25.2 Å².